The molecule has 0 unspecified atom stereocenters. The average Bonchev–Trinajstić information content (AvgIpc) is 1.38. The average molecular weight is 1270 g/mol. The van der Waals surface area contributed by atoms with Crippen molar-refractivity contribution in [1.29, 1.82) is 0 Å². The Morgan fingerprint density at radius 2 is 1.65 bits per heavy atom. The molecule has 1 amide bonds. The van der Waals surface area contributed by atoms with Gasteiger partial charge in [0, 0.05) is 93.9 Å². The SMILES string of the molecule is COc1cc2c(nc1N1CCOCC1)COC[C@H]2N1CCN(C2CC3(CCN(c4ccc(C(=O)NS(=O)(=O)c5ccc(NC[C@H]6CC[C@](C)(O)CC6)c([N+](=O)[O-])c5)c(N5c6cc7cc[nH]c7nc6O[C@H]6COCC[C@@H]65)c4)CC3)C2)[C@@H](c2ccccc2OC(C)C)C1. The lowest BCUT2D eigenvalue weighted by molar-refractivity contribution is -0.384. The Morgan fingerprint density at radius 3 is 2.43 bits per heavy atom. The van der Waals surface area contributed by atoms with Gasteiger partial charge in [0.1, 0.15) is 28.9 Å². The summed E-state index contributed by atoms with van der Waals surface area (Å²) in [6.07, 6.45) is 8.72. The highest BCUT2D eigenvalue weighted by Gasteiger charge is 2.51. The Bertz CT molecular complexity index is 3800. The van der Waals surface area contributed by atoms with Crippen molar-refractivity contribution in [3.63, 3.8) is 0 Å². The lowest BCUT2D eigenvalue weighted by Gasteiger charge is -2.58. The number of fused-ring (bicyclic) bond motifs is 4. The molecule has 3 aromatic heterocycles. The lowest BCUT2D eigenvalue weighted by Crippen LogP contribution is -2.60. The molecular formula is C67H83N11O12S. The number of H-pyrrole nitrogens is 1. The highest BCUT2D eigenvalue weighted by molar-refractivity contribution is 7.90. The minimum Gasteiger partial charge on any atom is -0.493 e. The molecule has 4 saturated heterocycles. The zero-order chi connectivity index (χ0) is 62.8. The number of amides is 1. The number of anilines is 5. The fraction of sp³-hybridized carbons (Fsp3) is 0.537. The number of para-hydroxylation sites is 1. The van der Waals surface area contributed by atoms with Gasteiger partial charge in [0.25, 0.3) is 21.6 Å². The first-order valence-corrected chi connectivity index (χ1v) is 33.9. The van der Waals surface area contributed by atoms with Crippen LogP contribution in [0.4, 0.5) is 34.3 Å². The largest absolute Gasteiger partial charge is 0.493 e. The van der Waals surface area contributed by atoms with Gasteiger partial charge in [-0.1, -0.05) is 18.2 Å². The second kappa shape index (κ2) is 25.0. The first-order valence-electron chi connectivity index (χ1n) is 32.5. The number of morpholine rings is 1. The minimum absolute atomic E-state index is 0.000479. The number of aromatic amines is 1. The van der Waals surface area contributed by atoms with Gasteiger partial charge in [-0.05, 0) is 150 Å². The van der Waals surface area contributed by atoms with Gasteiger partial charge in [0.2, 0.25) is 5.88 Å². The maximum absolute atomic E-state index is 14.9. The number of nitro benzene ring substituents is 1. The number of nitro groups is 1. The molecule has 2 saturated carbocycles. The van der Waals surface area contributed by atoms with Crippen molar-refractivity contribution in [2.24, 2.45) is 11.3 Å². The predicted octanol–water partition coefficient (Wildman–Crippen LogP) is 9.04. The second-order valence-electron chi connectivity index (χ2n) is 26.8. The van der Waals surface area contributed by atoms with Crippen LogP contribution < -0.4 is 38.9 Å². The van der Waals surface area contributed by atoms with Crippen LogP contribution in [0.1, 0.15) is 118 Å². The van der Waals surface area contributed by atoms with Gasteiger partial charge in [-0.2, -0.15) is 4.98 Å². The van der Waals surface area contributed by atoms with Crippen molar-refractivity contribution < 1.29 is 51.7 Å². The van der Waals surface area contributed by atoms with Crippen LogP contribution in [0.3, 0.4) is 0 Å². The Labute approximate surface area is 530 Å². The fourth-order valence-electron chi connectivity index (χ4n) is 15.5. The number of benzene rings is 3. The van der Waals surface area contributed by atoms with Crippen molar-refractivity contribution in [3.05, 3.63) is 118 Å². The van der Waals surface area contributed by atoms with Crippen LogP contribution in [0.2, 0.25) is 0 Å². The van der Waals surface area contributed by atoms with Crippen molar-refractivity contribution in [2.75, 3.05) is 113 Å². The minimum atomic E-state index is -4.66. The van der Waals surface area contributed by atoms with E-state index in [1.54, 1.807) is 13.2 Å². The van der Waals surface area contributed by atoms with E-state index in [0.717, 1.165) is 130 Å². The van der Waals surface area contributed by atoms with E-state index in [0.29, 0.717) is 87.8 Å². The number of aliphatic hydroxyl groups is 1. The molecule has 4 atom stereocenters. The summed E-state index contributed by atoms with van der Waals surface area (Å²) in [5.41, 5.74) is 5.17. The molecular weight excluding hydrogens is 1180 g/mol. The predicted molar refractivity (Wildman–Crippen MR) is 343 cm³/mol. The van der Waals surface area contributed by atoms with Gasteiger partial charge < -0.3 is 58.5 Å². The fourth-order valence-corrected chi connectivity index (χ4v) is 16.5. The second-order valence-corrected chi connectivity index (χ2v) is 28.4. The summed E-state index contributed by atoms with van der Waals surface area (Å²) >= 11 is 0. The molecule has 14 rings (SSSR count). The number of pyridine rings is 2. The summed E-state index contributed by atoms with van der Waals surface area (Å²) in [6, 6.07) is 24.0. The van der Waals surface area contributed by atoms with Crippen LogP contribution in [-0.2, 0) is 30.8 Å². The standard InChI is InChI=1S/C67H83N11O12S/c1-42(2)89-59-8-6-5-7-48(59)57-38-75(58-40-88-39-52-50(58)34-60(85-4)63(70-52)74-26-29-86-30-27-74)24-25-76(57)46-35-67(36-46)19-22-73(23-20-67)45-9-11-49(54(32-45)77-53-16-28-87-41-61(53)90-65-56(77)31-44-15-21-68-62(44)71-65)64(79)72-91(83,84)47-10-12-51(55(33-47)78(81)82)69-37-43-13-17-66(3,80)18-14-43/h5-12,15,21,31-34,42-43,46,53,57-58,61,69,80H,13-14,16-20,22-30,35-41H2,1-4H3,(H,68,71)(H,72,79)/t43-,53-,57+,58+,61-,66-/m0/s1. The molecule has 484 valence electrons. The number of piperazine rings is 1. The van der Waals surface area contributed by atoms with Gasteiger partial charge >= 0.3 is 0 Å². The molecule has 9 heterocycles. The number of hydrogen-bond acceptors (Lipinski definition) is 20. The first-order chi connectivity index (χ1) is 44.0. The van der Waals surface area contributed by atoms with E-state index in [1.807, 2.05) is 37.4 Å². The molecule has 2 aliphatic carbocycles. The number of sulfonamides is 1. The van der Waals surface area contributed by atoms with Gasteiger partial charge in [-0.25, -0.2) is 18.1 Å². The van der Waals surface area contributed by atoms with Gasteiger partial charge in [0.05, 0.1) is 96.7 Å². The maximum atomic E-state index is 14.9. The summed E-state index contributed by atoms with van der Waals surface area (Å²) in [7, 11) is -2.94. The summed E-state index contributed by atoms with van der Waals surface area (Å²) < 4.78 is 68.2. The lowest BCUT2D eigenvalue weighted by atomic mass is 9.59. The number of nitrogens with zero attached hydrogens (tertiary/aromatic N) is 8. The number of aromatic nitrogens is 3. The molecule has 6 aliphatic heterocycles. The van der Waals surface area contributed by atoms with E-state index in [9.17, 15) is 28.4 Å². The molecule has 0 bridgehead atoms. The van der Waals surface area contributed by atoms with Crippen molar-refractivity contribution >= 4 is 61.2 Å². The van der Waals surface area contributed by atoms with E-state index in [2.05, 4.69) is 83.7 Å². The smallest absolute Gasteiger partial charge is 0.293 e. The number of hydrogen-bond donors (Lipinski definition) is 4. The third kappa shape index (κ3) is 12.2. The van der Waals surface area contributed by atoms with E-state index in [1.165, 1.54) is 17.7 Å². The third-order valence-electron chi connectivity index (χ3n) is 20.6. The molecule has 3 aromatic carbocycles. The zero-order valence-corrected chi connectivity index (χ0v) is 53.1. The number of rotatable bonds is 16. The third-order valence-corrected chi connectivity index (χ3v) is 21.9. The Morgan fingerprint density at radius 1 is 0.846 bits per heavy atom. The van der Waals surface area contributed by atoms with E-state index < -0.39 is 43.1 Å². The van der Waals surface area contributed by atoms with E-state index in [4.69, 9.17) is 38.4 Å². The zero-order valence-electron chi connectivity index (χ0n) is 52.3. The molecule has 8 aliphatic rings. The summed E-state index contributed by atoms with van der Waals surface area (Å²) in [5, 5.41) is 27.0. The molecule has 0 radical (unpaired) electrons. The number of carbonyl (C=O) groups is 1. The van der Waals surface area contributed by atoms with Crippen molar-refractivity contribution in [1.82, 2.24) is 29.5 Å². The Balaban J connectivity index is 0.718. The molecule has 1 spiro atoms. The highest BCUT2D eigenvalue weighted by Crippen LogP contribution is 2.55. The summed E-state index contributed by atoms with van der Waals surface area (Å²) in [5.74, 6) is 2.17. The van der Waals surface area contributed by atoms with Gasteiger partial charge in [-0.15, -0.1) is 0 Å². The molecule has 6 fully saturated rings. The van der Waals surface area contributed by atoms with E-state index in [-0.39, 0.29) is 53.4 Å². The Hall–Kier alpha value is -7.32. The summed E-state index contributed by atoms with van der Waals surface area (Å²) in [4.78, 5) is 51.7. The van der Waals surface area contributed by atoms with Crippen molar-refractivity contribution in [2.45, 2.75) is 132 Å². The van der Waals surface area contributed by atoms with Crippen LogP contribution >= 0.6 is 0 Å². The Kier molecular flexibility index (Phi) is 16.8. The van der Waals surface area contributed by atoms with Crippen LogP contribution in [0, 0.1) is 21.4 Å². The number of nitrogens with one attached hydrogen (secondary N) is 3. The number of methoxy groups -OCH3 is 1. The van der Waals surface area contributed by atoms with Gasteiger partial charge in [-0.3, -0.25) is 24.7 Å². The number of piperidine rings is 1. The quantitative estimate of drug-likeness (QED) is 0.0521. The monoisotopic (exact) mass is 1270 g/mol. The van der Waals surface area contributed by atoms with E-state index >= 15 is 0 Å². The van der Waals surface area contributed by atoms with Crippen molar-refractivity contribution in [3.8, 4) is 17.4 Å². The van der Waals surface area contributed by atoms with Crippen LogP contribution in [-0.4, -0.2) is 172 Å². The van der Waals surface area contributed by atoms with Crippen LogP contribution in [0.5, 0.6) is 17.4 Å². The summed E-state index contributed by atoms with van der Waals surface area (Å²) in [6.45, 7) is 15.0. The topological polar surface area (TPSA) is 252 Å². The molecule has 4 N–H and O–H groups in total. The molecule has 91 heavy (non-hydrogen) atoms. The molecule has 24 heteroatoms. The first kappa shape index (κ1) is 61.2. The normalized spacial score (nSPS) is 25.5. The number of carbonyl (C=O) groups excluding carboxylic acids is 1. The molecule has 6 aromatic rings. The maximum Gasteiger partial charge on any atom is 0.293 e. The van der Waals surface area contributed by atoms with Crippen LogP contribution in [0.25, 0.3) is 11.0 Å². The van der Waals surface area contributed by atoms with Crippen LogP contribution in [0.15, 0.2) is 90.0 Å². The highest BCUT2D eigenvalue weighted by atomic mass is 32.2. The van der Waals surface area contributed by atoms with Gasteiger partial charge in [0.15, 0.2) is 11.6 Å². The number of ether oxygens (including phenoxy) is 6. The molecule has 23 nitrogen and oxygen atoms in total.